The summed E-state index contributed by atoms with van der Waals surface area (Å²) in [5, 5.41) is 18.0. The third kappa shape index (κ3) is 4.32. The van der Waals surface area contributed by atoms with Gasteiger partial charge in [-0.25, -0.2) is 4.98 Å². The zero-order valence-corrected chi connectivity index (χ0v) is 15.5. The van der Waals surface area contributed by atoms with Crippen LogP contribution in [0.15, 0.2) is 48.5 Å². The number of nitrogens with one attached hydrogen (secondary N) is 1. The lowest BCUT2D eigenvalue weighted by Crippen LogP contribution is -2.18. The first kappa shape index (κ1) is 19.0. The standard InChI is InChI=1S/C19H19N5O2.ClH/c25-24(26)17-8-6-15(7-9-17)18-20-19(22-21-18)16-5-3-4-14(12-16)13-23-10-1-2-11-23;/h3-9,12H,1-2,10-11,13H2,(H,20,21,22);1H. The molecule has 0 saturated carbocycles. The van der Waals surface area contributed by atoms with Crippen LogP contribution >= 0.6 is 12.4 Å². The largest absolute Gasteiger partial charge is 0.299 e. The van der Waals surface area contributed by atoms with Crippen LogP contribution in [-0.4, -0.2) is 38.1 Å². The van der Waals surface area contributed by atoms with Gasteiger partial charge in [-0.15, -0.1) is 12.4 Å². The summed E-state index contributed by atoms with van der Waals surface area (Å²) in [7, 11) is 0. The van der Waals surface area contributed by atoms with E-state index in [1.807, 2.05) is 12.1 Å². The minimum absolute atomic E-state index is 0. The highest BCUT2D eigenvalue weighted by Gasteiger charge is 2.13. The molecular weight excluding hydrogens is 366 g/mol. The quantitative estimate of drug-likeness (QED) is 0.528. The second-order valence-electron chi connectivity index (χ2n) is 6.50. The number of non-ortho nitro benzene ring substituents is 1. The summed E-state index contributed by atoms with van der Waals surface area (Å²) in [5.41, 5.74) is 3.04. The maximum Gasteiger partial charge on any atom is 0.269 e. The molecule has 8 heteroatoms. The third-order valence-corrected chi connectivity index (χ3v) is 4.63. The Hall–Kier alpha value is -2.77. The van der Waals surface area contributed by atoms with Gasteiger partial charge in [0, 0.05) is 29.8 Å². The van der Waals surface area contributed by atoms with Gasteiger partial charge in [0.2, 0.25) is 0 Å². The van der Waals surface area contributed by atoms with Crippen LogP contribution in [0, 0.1) is 10.1 Å². The van der Waals surface area contributed by atoms with Crippen molar-refractivity contribution in [2.75, 3.05) is 13.1 Å². The lowest BCUT2D eigenvalue weighted by molar-refractivity contribution is -0.384. The van der Waals surface area contributed by atoms with Crippen molar-refractivity contribution in [3.05, 3.63) is 64.2 Å². The lowest BCUT2D eigenvalue weighted by atomic mass is 10.1. The van der Waals surface area contributed by atoms with Crippen LogP contribution in [0.2, 0.25) is 0 Å². The van der Waals surface area contributed by atoms with E-state index in [-0.39, 0.29) is 18.1 Å². The molecule has 1 N–H and O–H groups in total. The maximum absolute atomic E-state index is 10.8. The number of aromatic nitrogens is 3. The average Bonchev–Trinajstić information content (AvgIpc) is 3.34. The molecule has 4 rings (SSSR count). The number of nitrogens with zero attached hydrogens (tertiary/aromatic N) is 4. The Kier molecular flexibility index (Phi) is 5.83. The van der Waals surface area contributed by atoms with E-state index in [0.717, 1.165) is 30.8 Å². The molecule has 3 aromatic rings. The van der Waals surface area contributed by atoms with Crippen LogP contribution in [0.5, 0.6) is 0 Å². The Morgan fingerprint density at radius 3 is 2.52 bits per heavy atom. The van der Waals surface area contributed by atoms with Crippen molar-refractivity contribution < 1.29 is 4.92 Å². The van der Waals surface area contributed by atoms with Gasteiger partial charge in [0.25, 0.3) is 5.69 Å². The predicted octanol–water partition coefficient (Wildman–Crippen LogP) is 4.06. The van der Waals surface area contributed by atoms with Crippen molar-refractivity contribution in [2.24, 2.45) is 0 Å². The minimum atomic E-state index is -0.415. The summed E-state index contributed by atoms with van der Waals surface area (Å²) in [6.07, 6.45) is 2.55. The summed E-state index contributed by atoms with van der Waals surface area (Å²) < 4.78 is 0. The molecule has 0 aliphatic carbocycles. The molecule has 1 aliphatic heterocycles. The molecule has 1 aliphatic rings. The zero-order chi connectivity index (χ0) is 17.9. The van der Waals surface area contributed by atoms with Gasteiger partial charge in [-0.3, -0.25) is 20.1 Å². The Balaban J connectivity index is 0.00000210. The van der Waals surface area contributed by atoms with Gasteiger partial charge in [-0.05, 0) is 49.7 Å². The zero-order valence-electron chi connectivity index (χ0n) is 14.7. The lowest BCUT2D eigenvalue weighted by Gasteiger charge is -2.14. The van der Waals surface area contributed by atoms with Crippen molar-refractivity contribution in [2.45, 2.75) is 19.4 Å². The summed E-state index contributed by atoms with van der Waals surface area (Å²) >= 11 is 0. The van der Waals surface area contributed by atoms with Gasteiger partial charge in [0.15, 0.2) is 11.6 Å². The maximum atomic E-state index is 10.8. The summed E-state index contributed by atoms with van der Waals surface area (Å²) in [6.45, 7) is 3.28. The fourth-order valence-corrected chi connectivity index (χ4v) is 3.27. The molecule has 1 aromatic heterocycles. The predicted molar refractivity (Wildman–Crippen MR) is 106 cm³/mol. The van der Waals surface area contributed by atoms with Crippen molar-refractivity contribution in [3.63, 3.8) is 0 Å². The average molecular weight is 386 g/mol. The van der Waals surface area contributed by atoms with E-state index in [2.05, 4.69) is 32.2 Å². The molecule has 0 amide bonds. The van der Waals surface area contributed by atoms with Gasteiger partial charge >= 0.3 is 0 Å². The van der Waals surface area contributed by atoms with Crippen LogP contribution in [0.1, 0.15) is 18.4 Å². The minimum Gasteiger partial charge on any atom is -0.299 e. The Morgan fingerprint density at radius 2 is 1.81 bits per heavy atom. The third-order valence-electron chi connectivity index (χ3n) is 4.63. The fourth-order valence-electron chi connectivity index (χ4n) is 3.27. The van der Waals surface area contributed by atoms with Crippen LogP contribution in [0.3, 0.4) is 0 Å². The summed E-state index contributed by atoms with van der Waals surface area (Å²) in [4.78, 5) is 17.4. The number of nitro benzene ring substituents is 1. The van der Waals surface area contributed by atoms with Crippen molar-refractivity contribution in [1.82, 2.24) is 20.1 Å². The first-order chi connectivity index (χ1) is 12.7. The highest BCUT2D eigenvalue weighted by Crippen LogP contribution is 2.23. The van der Waals surface area contributed by atoms with E-state index < -0.39 is 4.92 Å². The molecule has 0 atom stereocenters. The smallest absolute Gasteiger partial charge is 0.269 e. The number of hydrogen-bond acceptors (Lipinski definition) is 5. The Bertz CT molecular complexity index is 920. The van der Waals surface area contributed by atoms with Crippen LogP contribution in [0.4, 0.5) is 5.69 Å². The van der Waals surface area contributed by atoms with Gasteiger partial charge in [-0.2, -0.15) is 5.10 Å². The Labute approximate surface area is 163 Å². The van der Waals surface area contributed by atoms with Gasteiger partial charge in [0.05, 0.1) is 4.92 Å². The van der Waals surface area contributed by atoms with Crippen molar-refractivity contribution in [1.29, 1.82) is 0 Å². The normalized spacial score (nSPS) is 14.1. The highest BCUT2D eigenvalue weighted by atomic mass is 35.5. The van der Waals surface area contributed by atoms with E-state index >= 15 is 0 Å². The molecule has 7 nitrogen and oxygen atoms in total. The highest BCUT2D eigenvalue weighted by molar-refractivity contribution is 5.85. The fraction of sp³-hybridized carbons (Fsp3) is 0.263. The van der Waals surface area contributed by atoms with E-state index in [1.54, 1.807) is 12.1 Å². The SMILES string of the molecule is Cl.O=[N+]([O-])c1ccc(-c2nc(-c3cccc(CN4CCCC4)c3)n[nH]2)cc1. The molecule has 1 fully saturated rings. The van der Waals surface area contributed by atoms with Crippen molar-refractivity contribution >= 4 is 18.1 Å². The number of benzene rings is 2. The molecule has 0 unspecified atom stereocenters. The van der Waals surface area contributed by atoms with E-state index in [9.17, 15) is 10.1 Å². The first-order valence-electron chi connectivity index (χ1n) is 8.68. The molecule has 140 valence electrons. The summed E-state index contributed by atoms with van der Waals surface area (Å²) in [5.74, 6) is 1.22. The number of aromatic amines is 1. The van der Waals surface area contributed by atoms with Crippen LogP contribution in [-0.2, 0) is 6.54 Å². The molecule has 27 heavy (non-hydrogen) atoms. The number of likely N-dealkylation sites (tertiary alicyclic amines) is 1. The van der Waals surface area contributed by atoms with Gasteiger partial charge in [0.1, 0.15) is 0 Å². The molecular formula is C19H20ClN5O2. The second kappa shape index (κ2) is 8.28. The molecule has 2 aromatic carbocycles. The van der Waals surface area contributed by atoms with Gasteiger partial charge < -0.3 is 0 Å². The molecule has 0 bridgehead atoms. The number of nitro groups is 1. The Morgan fingerprint density at radius 1 is 1.07 bits per heavy atom. The first-order valence-corrected chi connectivity index (χ1v) is 8.68. The summed E-state index contributed by atoms with van der Waals surface area (Å²) in [6, 6.07) is 14.6. The molecule has 2 heterocycles. The molecule has 0 spiro atoms. The van der Waals surface area contributed by atoms with Crippen molar-refractivity contribution in [3.8, 4) is 22.8 Å². The number of rotatable bonds is 5. The molecule has 1 saturated heterocycles. The van der Waals surface area contributed by atoms with Gasteiger partial charge in [-0.1, -0.05) is 18.2 Å². The van der Waals surface area contributed by atoms with E-state index in [1.165, 1.54) is 30.5 Å². The number of H-pyrrole nitrogens is 1. The number of halogens is 1. The van der Waals surface area contributed by atoms with E-state index in [4.69, 9.17) is 0 Å². The number of hydrogen-bond donors (Lipinski definition) is 1. The van der Waals surface area contributed by atoms with Crippen LogP contribution < -0.4 is 0 Å². The molecule has 0 radical (unpaired) electrons. The van der Waals surface area contributed by atoms with Crippen LogP contribution in [0.25, 0.3) is 22.8 Å². The monoisotopic (exact) mass is 385 g/mol. The van der Waals surface area contributed by atoms with E-state index in [0.29, 0.717) is 11.6 Å². The second-order valence-corrected chi connectivity index (χ2v) is 6.50. The topological polar surface area (TPSA) is 87.9 Å².